The molecule has 0 amide bonds. The molecule has 0 aliphatic rings. The molecule has 0 saturated carbocycles. The number of allylic oxidation sites excluding steroid dienone is 6. The van der Waals surface area contributed by atoms with Gasteiger partial charge in [0, 0.05) is 28.1 Å². The first-order valence-corrected chi connectivity index (χ1v) is 19.0. The second-order valence-electron chi connectivity index (χ2n) is 13.2. The Balaban J connectivity index is 0.000000889. The van der Waals surface area contributed by atoms with Gasteiger partial charge in [-0.3, -0.25) is 4.98 Å². The van der Waals surface area contributed by atoms with Gasteiger partial charge in [0.1, 0.15) is 11.2 Å². The number of furan rings is 1. The monoisotopic (exact) mass is 711 g/mol. The van der Waals surface area contributed by atoms with Crippen LogP contribution in [0.2, 0.25) is 0 Å². The summed E-state index contributed by atoms with van der Waals surface area (Å²) in [5.41, 5.74) is 11.0. The van der Waals surface area contributed by atoms with Crippen molar-refractivity contribution in [3.05, 3.63) is 195 Å². The molecule has 0 atom stereocenters. The first-order chi connectivity index (χ1) is 27.1. The molecule has 7 aromatic carbocycles. The highest BCUT2D eigenvalue weighted by Crippen LogP contribution is 2.42. The zero-order chi connectivity index (χ0) is 38.3. The summed E-state index contributed by atoms with van der Waals surface area (Å²) < 4.78 is 6.24. The highest BCUT2D eigenvalue weighted by atomic mass is 16.3. The Morgan fingerprint density at radius 1 is 0.545 bits per heavy atom. The Bertz CT molecular complexity index is 2810. The Morgan fingerprint density at radius 3 is 1.67 bits per heavy atom. The molecule has 0 radical (unpaired) electrons. The van der Waals surface area contributed by atoms with E-state index in [-0.39, 0.29) is 0 Å². The van der Waals surface area contributed by atoms with Crippen LogP contribution in [0.25, 0.3) is 93.3 Å². The number of benzene rings is 7. The molecule has 0 bridgehead atoms. The fourth-order valence-corrected chi connectivity index (χ4v) is 7.40. The molecule has 0 aliphatic carbocycles. The minimum Gasteiger partial charge on any atom is -0.456 e. The molecule has 0 fully saturated rings. The molecule has 2 aromatic heterocycles. The zero-order valence-corrected chi connectivity index (χ0v) is 32.0. The minimum atomic E-state index is 0.907. The number of aromatic nitrogens is 1. The Labute approximate surface area is 324 Å². The van der Waals surface area contributed by atoms with Crippen LogP contribution in [0.4, 0.5) is 0 Å². The van der Waals surface area contributed by atoms with Crippen molar-refractivity contribution in [3.63, 3.8) is 0 Å². The van der Waals surface area contributed by atoms with E-state index in [0.717, 1.165) is 55.4 Å². The quantitative estimate of drug-likeness (QED) is 0.0975. The van der Waals surface area contributed by atoms with Crippen molar-refractivity contribution in [3.8, 4) is 33.5 Å². The van der Waals surface area contributed by atoms with Crippen LogP contribution in [0.5, 0.6) is 0 Å². The molecular weight excluding hydrogens is 667 g/mol. The average Bonchev–Trinajstić information content (AvgIpc) is 3.59. The van der Waals surface area contributed by atoms with E-state index >= 15 is 0 Å². The summed E-state index contributed by atoms with van der Waals surface area (Å²) in [5.74, 6) is 0. The molecule has 0 unspecified atom stereocenters. The van der Waals surface area contributed by atoms with Crippen LogP contribution in [0.1, 0.15) is 33.3 Å². The second-order valence-corrected chi connectivity index (χ2v) is 13.2. The van der Waals surface area contributed by atoms with Crippen molar-refractivity contribution < 1.29 is 4.42 Å². The molecule has 55 heavy (non-hydrogen) atoms. The van der Waals surface area contributed by atoms with E-state index in [2.05, 4.69) is 166 Å². The van der Waals surface area contributed by atoms with E-state index in [0.29, 0.717) is 0 Å². The molecular formula is C53H45NO. The molecule has 0 spiro atoms. The lowest BCUT2D eigenvalue weighted by Gasteiger charge is -2.17. The van der Waals surface area contributed by atoms with Crippen molar-refractivity contribution in [2.45, 2.75) is 27.7 Å². The molecule has 2 heterocycles. The van der Waals surface area contributed by atoms with Gasteiger partial charge in [-0.25, -0.2) is 0 Å². The van der Waals surface area contributed by atoms with Crippen molar-refractivity contribution in [1.29, 1.82) is 0 Å². The van der Waals surface area contributed by atoms with Crippen LogP contribution in [0.15, 0.2) is 194 Å². The SMILES string of the molecule is C=C/C=C\C=C(/C)c1c2ccccc2c(-c2ccc(-c3ccc(-c4ccc5oc6cc7ccccc7cc6c5c4)cc3)cn2)c2ccccc12.C=CC.CC. The van der Waals surface area contributed by atoms with Crippen molar-refractivity contribution >= 4 is 59.8 Å². The van der Waals surface area contributed by atoms with Gasteiger partial charge in [0.25, 0.3) is 0 Å². The largest absolute Gasteiger partial charge is 0.456 e. The lowest BCUT2D eigenvalue weighted by Crippen LogP contribution is -1.94. The highest BCUT2D eigenvalue weighted by Gasteiger charge is 2.17. The second kappa shape index (κ2) is 16.5. The van der Waals surface area contributed by atoms with Gasteiger partial charge in [-0.15, -0.1) is 6.58 Å². The van der Waals surface area contributed by atoms with Crippen molar-refractivity contribution in [2.24, 2.45) is 0 Å². The van der Waals surface area contributed by atoms with Gasteiger partial charge >= 0.3 is 0 Å². The Kier molecular flexibility index (Phi) is 11.0. The first kappa shape index (κ1) is 36.6. The van der Waals surface area contributed by atoms with Gasteiger partial charge in [0.2, 0.25) is 0 Å². The van der Waals surface area contributed by atoms with Crippen LogP contribution in [0, 0.1) is 0 Å². The summed E-state index contributed by atoms with van der Waals surface area (Å²) in [6, 6.07) is 49.8. The van der Waals surface area contributed by atoms with Crippen molar-refractivity contribution in [2.75, 3.05) is 0 Å². The van der Waals surface area contributed by atoms with E-state index in [4.69, 9.17) is 9.40 Å². The van der Waals surface area contributed by atoms with E-state index in [9.17, 15) is 0 Å². The fourth-order valence-electron chi connectivity index (χ4n) is 7.40. The maximum Gasteiger partial charge on any atom is 0.136 e. The number of fused-ring (bicyclic) bond motifs is 6. The normalized spacial score (nSPS) is 11.5. The molecule has 9 aromatic rings. The number of hydrogen-bond donors (Lipinski definition) is 0. The maximum absolute atomic E-state index is 6.24. The third kappa shape index (κ3) is 7.15. The summed E-state index contributed by atoms with van der Waals surface area (Å²) in [4.78, 5) is 5.07. The third-order valence-electron chi connectivity index (χ3n) is 9.83. The van der Waals surface area contributed by atoms with Crippen LogP contribution in [0.3, 0.4) is 0 Å². The van der Waals surface area contributed by atoms with Crippen LogP contribution >= 0.6 is 0 Å². The minimum absolute atomic E-state index is 0.907. The Morgan fingerprint density at radius 2 is 1.07 bits per heavy atom. The average molecular weight is 712 g/mol. The topological polar surface area (TPSA) is 26.0 Å². The molecule has 2 heteroatoms. The lowest BCUT2D eigenvalue weighted by molar-refractivity contribution is 0.669. The number of hydrogen-bond acceptors (Lipinski definition) is 2. The lowest BCUT2D eigenvalue weighted by atomic mass is 9.87. The molecule has 0 aliphatic heterocycles. The number of pyridine rings is 1. The summed E-state index contributed by atoms with van der Waals surface area (Å²) in [6.07, 6.45) is 11.7. The molecule has 0 N–H and O–H groups in total. The molecule has 0 saturated heterocycles. The molecule has 2 nitrogen and oxygen atoms in total. The third-order valence-corrected chi connectivity index (χ3v) is 9.83. The van der Waals surface area contributed by atoms with Gasteiger partial charge in [0.05, 0.1) is 5.69 Å². The van der Waals surface area contributed by atoms with Gasteiger partial charge in [-0.2, -0.15) is 0 Å². The molecule has 9 rings (SSSR count). The predicted octanol–water partition coefficient (Wildman–Crippen LogP) is 15.8. The van der Waals surface area contributed by atoms with Crippen LogP contribution < -0.4 is 0 Å². The van der Waals surface area contributed by atoms with E-state index in [1.54, 1.807) is 12.2 Å². The zero-order valence-electron chi connectivity index (χ0n) is 32.0. The van der Waals surface area contributed by atoms with Gasteiger partial charge in [-0.05, 0) is 104 Å². The van der Waals surface area contributed by atoms with E-state index in [1.165, 1.54) is 43.5 Å². The predicted molar refractivity (Wildman–Crippen MR) is 241 cm³/mol. The molecule has 268 valence electrons. The highest BCUT2D eigenvalue weighted by molar-refractivity contribution is 6.18. The summed E-state index contributed by atoms with van der Waals surface area (Å²) in [7, 11) is 0. The standard InChI is InChI=1S/C48H33NO.C3H6.C2H6/c1-3-4-5-12-31(2)47-38-15-8-10-17-40(38)48(41-18-11-9-16-39(41)47)44-25-23-37(30-49-44)33-21-19-32(20-22-33)36-24-26-45-42(28-36)43-27-34-13-6-7-14-35(34)29-46(43)50-45;1-3-2;1-2/h3-30H,1H2,2H3;3H,1H2,2H3;1-2H3/b5-4-,31-12+;;. The number of rotatable bonds is 6. The summed E-state index contributed by atoms with van der Waals surface area (Å²) >= 11 is 0. The van der Waals surface area contributed by atoms with Gasteiger partial charge in [0.15, 0.2) is 0 Å². The van der Waals surface area contributed by atoms with E-state index in [1.807, 2.05) is 39.1 Å². The fraction of sp³-hybridized carbons (Fsp3) is 0.0755. The number of nitrogens with zero attached hydrogens (tertiary/aromatic N) is 1. The van der Waals surface area contributed by atoms with Gasteiger partial charge in [-0.1, -0.05) is 160 Å². The summed E-state index contributed by atoms with van der Waals surface area (Å²) in [6.45, 7) is 15.2. The Hall–Kier alpha value is -6.77. The smallest absolute Gasteiger partial charge is 0.136 e. The van der Waals surface area contributed by atoms with Gasteiger partial charge < -0.3 is 4.42 Å². The van der Waals surface area contributed by atoms with Crippen LogP contribution in [-0.2, 0) is 0 Å². The first-order valence-electron chi connectivity index (χ1n) is 19.0. The maximum atomic E-state index is 6.24. The summed E-state index contributed by atoms with van der Waals surface area (Å²) in [5, 5.41) is 9.52. The van der Waals surface area contributed by atoms with Crippen LogP contribution in [-0.4, -0.2) is 4.98 Å². The van der Waals surface area contributed by atoms with E-state index < -0.39 is 0 Å². The van der Waals surface area contributed by atoms with Crippen molar-refractivity contribution in [1.82, 2.24) is 4.98 Å².